The molecule has 1 aliphatic carbocycles. The third kappa shape index (κ3) is 5.37. The van der Waals surface area contributed by atoms with Crippen molar-refractivity contribution in [2.75, 3.05) is 17.7 Å². The van der Waals surface area contributed by atoms with Crippen LogP contribution in [0.25, 0.3) is 0 Å². The van der Waals surface area contributed by atoms with E-state index in [4.69, 9.17) is 10.5 Å². The standard InChI is InChI=1S/C28H34N4O4/c1-3-4-15-31-26(29)25(27(34)30-28(31)35)32(18-22-11-7-8-12-23(22)36-2)24(33)17-19-13-14-20-9-5-6-10-21(20)16-19/h7-8,11-14,16H,3-6,9-10,15,17-18,29H2,1-2H3,(H,30,34,35). The molecule has 190 valence electrons. The number of fused-ring (bicyclic) bond motifs is 1. The van der Waals surface area contributed by atoms with Gasteiger partial charge in [0.05, 0.1) is 20.1 Å². The summed E-state index contributed by atoms with van der Waals surface area (Å²) in [5.74, 6) is 0.304. The van der Waals surface area contributed by atoms with Crippen LogP contribution in [0.4, 0.5) is 11.5 Å². The van der Waals surface area contributed by atoms with Crippen molar-refractivity contribution < 1.29 is 9.53 Å². The largest absolute Gasteiger partial charge is 0.496 e. The molecule has 0 radical (unpaired) electrons. The van der Waals surface area contributed by atoms with Gasteiger partial charge in [0.25, 0.3) is 5.56 Å². The molecular weight excluding hydrogens is 456 g/mol. The average Bonchev–Trinajstić information content (AvgIpc) is 2.88. The molecule has 1 aliphatic rings. The molecule has 8 nitrogen and oxygen atoms in total. The van der Waals surface area contributed by atoms with Crippen molar-refractivity contribution in [3.8, 4) is 5.75 Å². The van der Waals surface area contributed by atoms with Gasteiger partial charge >= 0.3 is 5.69 Å². The van der Waals surface area contributed by atoms with Gasteiger partial charge in [-0.15, -0.1) is 0 Å². The molecule has 4 rings (SSSR count). The Morgan fingerprint density at radius 1 is 1.11 bits per heavy atom. The van der Waals surface area contributed by atoms with Gasteiger partial charge in [-0.3, -0.25) is 24.0 Å². The predicted molar refractivity (Wildman–Crippen MR) is 142 cm³/mol. The Labute approximate surface area is 210 Å². The maximum absolute atomic E-state index is 13.8. The zero-order valence-electron chi connectivity index (χ0n) is 21.0. The van der Waals surface area contributed by atoms with E-state index in [0.29, 0.717) is 18.7 Å². The Morgan fingerprint density at radius 2 is 1.86 bits per heavy atom. The van der Waals surface area contributed by atoms with E-state index in [9.17, 15) is 14.4 Å². The SMILES string of the molecule is CCCCn1c(N)c(N(Cc2ccccc2OC)C(=O)Cc2ccc3c(c2)CCCC3)c(=O)[nH]c1=O. The summed E-state index contributed by atoms with van der Waals surface area (Å²) in [7, 11) is 1.56. The van der Waals surface area contributed by atoms with Crippen molar-refractivity contribution in [3.05, 3.63) is 85.6 Å². The first-order valence-electron chi connectivity index (χ1n) is 12.6. The molecule has 0 unspecified atom stereocenters. The van der Waals surface area contributed by atoms with Gasteiger partial charge in [-0.2, -0.15) is 0 Å². The van der Waals surface area contributed by atoms with Crippen molar-refractivity contribution in [3.63, 3.8) is 0 Å². The number of rotatable bonds is 9. The number of nitrogens with one attached hydrogen (secondary N) is 1. The van der Waals surface area contributed by atoms with Crippen LogP contribution in [-0.4, -0.2) is 22.6 Å². The lowest BCUT2D eigenvalue weighted by Crippen LogP contribution is -2.41. The molecule has 1 heterocycles. The van der Waals surface area contributed by atoms with E-state index in [0.717, 1.165) is 36.8 Å². The number of H-pyrrole nitrogens is 1. The molecule has 0 saturated carbocycles. The van der Waals surface area contributed by atoms with Crippen LogP contribution < -0.4 is 26.6 Å². The van der Waals surface area contributed by atoms with Crippen molar-refractivity contribution in [1.82, 2.24) is 9.55 Å². The Hall–Kier alpha value is -3.81. The molecule has 0 atom stereocenters. The molecule has 3 aromatic rings. The van der Waals surface area contributed by atoms with Gasteiger partial charge in [-0.25, -0.2) is 4.79 Å². The van der Waals surface area contributed by atoms with Crippen LogP contribution in [0.2, 0.25) is 0 Å². The van der Waals surface area contributed by atoms with Crippen molar-refractivity contribution in [1.29, 1.82) is 0 Å². The smallest absolute Gasteiger partial charge is 0.330 e. The van der Waals surface area contributed by atoms with Crippen LogP contribution in [0.3, 0.4) is 0 Å². The number of aryl methyl sites for hydroxylation is 2. The second kappa shape index (κ2) is 11.3. The minimum atomic E-state index is -0.682. The fourth-order valence-corrected chi connectivity index (χ4v) is 4.84. The summed E-state index contributed by atoms with van der Waals surface area (Å²) in [4.78, 5) is 43.1. The number of methoxy groups -OCH3 is 1. The molecule has 36 heavy (non-hydrogen) atoms. The first-order chi connectivity index (χ1) is 17.4. The fourth-order valence-electron chi connectivity index (χ4n) is 4.84. The van der Waals surface area contributed by atoms with Crippen molar-refractivity contribution in [2.45, 2.75) is 65.0 Å². The van der Waals surface area contributed by atoms with E-state index in [1.807, 2.05) is 31.2 Å². The highest BCUT2D eigenvalue weighted by Gasteiger charge is 2.26. The number of aromatic amines is 1. The Balaban J connectivity index is 1.76. The first kappa shape index (κ1) is 25.3. The number of aromatic nitrogens is 2. The van der Waals surface area contributed by atoms with E-state index >= 15 is 0 Å². The number of anilines is 2. The molecule has 1 aromatic heterocycles. The molecule has 8 heteroatoms. The third-order valence-electron chi connectivity index (χ3n) is 6.81. The zero-order chi connectivity index (χ0) is 25.7. The first-order valence-corrected chi connectivity index (χ1v) is 12.6. The number of hydrogen-bond acceptors (Lipinski definition) is 5. The summed E-state index contributed by atoms with van der Waals surface area (Å²) in [5, 5.41) is 0. The van der Waals surface area contributed by atoms with Crippen LogP contribution >= 0.6 is 0 Å². The van der Waals surface area contributed by atoms with E-state index in [2.05, 4.69) is 17.1 Å². The molecule has 0 spiro atoms. The number of carbonyl (C=O) groups is 1. The van der Waals surface area contributed by atoms with Crippen LogP contribution in [-0.2, 0) is 37.1 Å². The van der Waals surface area contributed by atoms with Crippen LogP contribution in [0.1, 0.15) is 54.9 Å². The van der Waals surface area contributed by atoms with E-state index in [1.165, 1.54) is 27.0 Å². The van der Waals surface area contributed by atoms with Crippen molar-refractivity contribution in [2.24, 2.45) is 0 Å². The molecule has 0 saturated heterocycles. The van der Waals surface area contributed by atoms with Gasteiger partial charge in [0.15, 0.2) is 5.69 Å². The number of nitrogens with zero attached hydrogens (tertiary/aromatic N) is 2. The maximum Gasteiger partial charge on any atom is 0.330 e. The van der Waals surface area contributed by atoms with Crippen molar-refractivity contribution >= 4 is 17.4 Å². The monoisotopic (exact) mass is 490 g/mol. The van der Waals surface area contributed by atoms with Gasteiger partial charge < -0.3 is 10.5 Å². The van der Waals surface area contributed by atoms with Crippen LogP contribution in [0.15, 0.2) is 52.1 Å². The summed E-state index contributed by atoms with van der Waals surface area (Å²) >= 11 is 0. The Morgan fingerprint density at radius 3 is 2.61 bits per heavy atom. The number of carbonyl (C=O) groups excluding carboxylic acids is 1. The Kier molecular flexibility index (Phi) is 7.93. The number of para-hydroxylation sites is 1. The highest BCUT2D eigenvalue weighted by molar-refractivity contribution is 5.96. The summed E-state index contributed by atoms with van der Waals surface area (Å²) in [6, 6.07) is 13.5. The molecule has 1 amide bonds. The lowest BCUT2D eigenvalue weighted by Gasteiger charge is -2.26. The molecule has 3 N–H and O–H groups in total. The van der Waals surface area contributed by atoms with Gasteiger partial charge in [0.2, 0.25) is 5.91 Å². The third-order valence-corrected chi connectivity index (χ3v) is 6.81. The van der Waals surface area contributed by atoms with E-state index in [1.54, 1.807) is 13.2 Å². The molecule has 0 bridgehead atoms. The molecule has 2 aromatic carbocycles. The summed E-state index contributed by atoms with van der Waals surface area (Å²) in [6.07, 6.45) is 6.08. The average molecular weight is 491 g/mol. The summed E-state index contributed by atoms with van der Waals surface area (Å²) in [6.45, 7) is 2.43. The fraction of sp³-hybridized carbons (Fsp3) is 0.393. The normalized spacial score (nSPS) is 12.7. The lowest BCUT2D eigenvalue weighted by molar-refractivity contribution is -0.118. The predicted octanol–water partition coefficient (Wildman–Crippen LogP) is 3.58. The Bertz CT molecular complexity index is 1360. The number of nitrogen functional groups attached to an aromatic ring is 1. The number of hydrogen-bond donors (Lipinski definition) is 2. The topological polar surface area (TPSA) is 110 Å². The van der Waals surface area contributed by atoms with Crippen LogP contribution in [0.5, 0.6) is 5.75 Å². The number of nitrogens with two attached hydrogens (primary N) is 1. The van der Waals surface area contributed by atoms with E-state index in [-0.39, 0.29) is 30.4 Å². The van der Waals surface area contributed by atoms with Gasteiger partial charge in [0, 0.05) is 12.1 Å². The second-order valence-corrected chi connectivity index (χ2v) is 9.28. The van der Waals surface area contributed by atoms with Crippen LogP contribution in [0, 0.1) is 0 Å². The highest BCUT2D eigenvalue weighted by atomic mass is 16.5. The highest BCUT2D eigenvalue weighted by Crippen LogP contribution is 2.27. The zero-order valence-corrected chi connectivity index (χ0v) is 21.0. The number of amides is 1. The number of ether oxygens (including phenoxy) is 1. The lowest BCUT2D eigenvalue weighted by atomic mass is 9.90. The number of unbranched alkanes of at least 4 members (excludes halogenated alkanes) is 1. The van der Waals surface area contributed by atoms with E-state index < -0.39 is 11.2 Å². The van der Waals surface area contributed by atoms with Gasteiger partial charge in [0.1, 0.15) is 11.6 Å². The number of benzene rings is 2. The second-order valence-electron chi connectivity index (χ2n) is 9.28. The van der Waals surface area contributed by atoms with Gasteiger partial charge in [-0.05, 0) is 54.9 Å². The minimum absolute atomic E-state index is 0.00844. The molecule has 0 aliphatic heterocycles. The quantitative estimate of drug-likeness (QED) is 0.476. The molecule has 0 fully saturated rings. The molecular formula is C28H34N4O4. The van der Waals surface area contributed by atoms with Gasteiger partial charge in [-0.1, -0.05) is 49.7 Å². The maximum atomic E-state index is 13.8. The summed E-state index contributed by atoms with van der Waals surface area (Å²) < 4.78 is 6.82. The summed E-state index contributed by atoms with van der Waals surface area (Å²) in [5.41, 5.74) is 9.36. The minimum Gasteiger partial charge on any atom is -0.496 e.